The summed E-state index contributed by atoms with van der Waals surface area (Å²) in [5.41, 5.74) is 0.417. The highest BCUT2D eigenvalue weighted by atomic mass is 35.5. The minimum Gasteiger partial charge on any atom is -0.354 e. The predicted octanol–water partition coefficient (Wildman–Crippen LogP) is 2.74. The molecule has 0 atom stereocenters. The number of carbonyl (C=O) groups is 1. The van der Waals surface area contributed by atoms with Crippen LogP contribution in [0.4, 0.5) is 0 Å². The molecule has 2 N–H and O–H groups in total. The van der Waals surface area contributed by atoms with Crippen LogP contribution in [-0.4, -0.2) is 25.5 Å². The van der Waals surface area contributed by atoms with Gasteiger partial charge in [-0.2, -0.15) is 0 Å². The Hall–Kier alpha value is -0.280. The van der Waals surface area contributed by atoms with E-state index in [1.54, 1.807) is 0 Å². The third-order valence-corrected chi connectivity index (χ3v) is 4.33. The molecule has 0 bridgehead atoms. The summed E-state index contributed by atoms with van der Waals surface area (Å²) in [6.45, 7) is 6.95. The number of hydrogen-bond acceptors (Lipinski definition) is 2. The second kappa shape index (κ2) is 7.49. The van der Waals surface area contributed by atoms with Gasteiger partial charge in [0.25, 0.3) is 0 Å². The molecule has 2 fully saturated rings. The first-order valence-corrected chi connectivity index (χ1v) is 7.57. The van der Waals surface area contributed by atoms with E-state index < -0.39 is 0 Å². The fourth-order valence-corrected chi connectivity index (χ4v) is 3.06. The first-order chi connectivity index (χ1) is 8.60. The van der Waals surface area contributed by atoms with Gasteiger partial charge in [0.1, 0.15) is 0 Å². The number of hydrogen-bond donors (Lipinski definition) is 2. The van der Waals surface area contributed by atoms with Gasteiger partial charge in [-0.25, -0.2) is 0 Å². The molecule has 112 valence electrons. The standard InChI is InChI=1S/C15H28N2O.ClH/c1-12(2)8-15(6-3-7-15)11-17-14(18)10-16-9-13-4-5-13;/h12-13,16H,3-11H2,1-2H3,(H,17,18);1H. The third-order valence-electron chi connectivity index (χ3n) is 4.33. The topological polar surface area (TPSA) is 41.1 Å². The lowest BCUT2D eigenvalue weighted by molar-refractivity contribution is -0.121. The molecule has 1 amide bonds. The molecule has 19 heavy (non-hydrogen) atoms. The zero-order valence-corrected chi connectivity index (χ0v) is 13.2. The highest BCUT2D eigenvalue weighted by molar-refractivity contribution is 5.85. The summed E-state index contributed by atoms with van der Waals surface area (Å²) in [5.74, 6) is 1.75. The van der Waals surface area contributed by atoms with Gasteiger partial charge in [-0.15, -0.1) is 12.4 Å². The van der Waals surface area contributed by atoms with Crippen LogP contribution in [0.25, 0.3) is 0 Å². The molecule has 0 spiro atoms. The van der Waals surface area contributed by atoms with Gasteiger partial charge >= 0.3 is 0 Å². The zero-order chi connectivity index (χ0) is 13.0. The minimum atomic E-state index is 0. The fourth-order valence-electron chi connectivity index (χ4n) is 3.06. The van der Waals surface area contributed by atoms with Crippen molar-refractivity contribution in [2.24, 2.45) is 17.3 Å². The Morgan fingerprint density at radius 3 is 2.47 bits per heavy atom. The highest BCUT2D eigenvalue weighted by Gasteiger charge is 2.37. The fraction of sp³-hybridized carbons (Fsp3) is 0.933. The van der Waals surface area contributed by atoms with Crippen molar-refractivity contribution in [2.75, 3.05) is 19.6 Å². The Balaban J connectivity index is 0.00000180. The van der Waals surface area contributed by atoms with Gasteiger partial charge in [-0.3, -0.25) is 4.79 Å². The summed E-state index contributed by atoms with van der Waals surface area (Å²) in [6, 6.07) is 0. The van der Waals surface area contributed by atoms with Crippen molar-refractivity contribution in [3.05, 3.63) is 0 Å². The van der Waals surface area contributed by atoms with Crippen molar-refractivity contribution in [3.63, 3.8) is 0 Å². The van der Waals surface area contributed by atoms with E-state index in [1.165, 1.54) is 38.5 Å². The van der Waals surface area contributed by atoms with E-state index in [-0.39, 0.29) is 18.3 Å². The molecular weight excluding hydrogens is 260 g/mol. The summed E-state index contributed by atoms with van der Waals surface area (Å²) in [7, 11) is 0. The van der Waals surface area contributed by atoms with Gasteiger partial charge in [-0.05, 0) is 55.9 Å². The lowest BCUT2D eigenvalue weighted by Crippen LogP contribution is -2.45. The molecule has 0 unspecified atom stereocenters. The lowest BCUT2D eigenvalue weighted by Gasteiger charge is -2.43. The van der Waals surface area contributed by atoms with Crippen LogP contribution in [0.15, 0.2) is 0 Å². The number of carbonyl (C=O) groups excluding carboxylic acids is 1. The summed E-state index contributed by atoms with van der Waals surface area (Å²) in [5, 5.41) is 6.37. The maximum Gasteiger partial charge on any atom is 0.233 e. The van der Waals surface area contributed by atoms with E-state index in [2.05, 4.69) is 24.5 Å². The van der Waals surface area contributed by atoms with Gasteiger partial charge in [0.2, 0.25) is 5.91 Å². The lowest BCUT2D eigenvalue weighted by atomic mass is 9.64. The molecule has 2 rings (SSSR count). The molecule has 3 nitrogen and oxygen atoms in total. The number of nitrogens with one attached hydrogen (secondary N) is 2. The maximum absolute atomic E-state index is 11.7. The van der Waals surface area contributed by atoms with Crippen LogP contribution >= 0.6 is 12.4 Å². The Morgan fingerprint density at radius 2 is 2.00 bits per heavy atom. The number of rotatable bonds is 8. The van der Waals surface area contributed by atoms with Crippen molar-refractivity contribution >= 4 is 18.3 Å². The molecule has 4 heteroatoms. The van der Waals surface area contributed by atoms with Crippen molar-refractivity contribution < 1.29 is 4.79 Å². The minimum absolute atomic E-state index is 0. The smallest absolute Gasteiger partial charge is 0.233 e. The Bertz CT molecular complexity index is 286. The Kier molecular flexibility index (Phi) is 6.61. The molecular formula is C15H29ClN2O. The number of halogens is 1. The van der Waals surface area contributed by atoms with E-state index in [9.17, 15) is 4.79 Å². The molecule has 0 aromatic heterocycles. The van der Waals surface area contributed by atoms with Crippen molar-refractivity contribution in [1.29, 1.82) is 0 Å². The molecule has 0 aromatic carbocycles. The van der Waals surface area contributed by atoms with Gasteiger partial charge < -0.3 is 10.6 Å². The molecule has 0 heterocycles. The van der Waals surface area contributed by atoms with Gasteiger partial charge in [0, 0.05) is 6.54 Å². The second-order valence-corrected chi connectivity index (χ2v) is 6.80. The second-order valence-electron chi connectivity index (χ2n) is 6.80. The third kappa shape index (κ3) is 5.70. The molecule has 0 radical (unpaired) electrons. The Labute approximate surface area is 123 Å². The first kappa shape index (κ1) is 16.8. The van der Waals surface area contributed by atoms with Crippen molar-refractivity contribution in [3.8, 4) is 0 Å². The van der Waals surface area contributed by atoms with Crippen LogP contribution < -0.4 is 10.6 Å². The largest absolute Gasteiger partial charge is 0.354 e. The van der Waals surface area contributed by atoms with Crippen molar-refractivity contribution in [1.82, 2.24) is 10.6 Å². The Morgan fingerprint density at radius 1 is 1.32 bits per heavy atom. The van der Waals surface area contributed by atoms with E-state index in [0.29, 0.717) is 12.0 Å². The monoisotopic (exact) mass is 288 g/mol. The molecule has 0 saturated heterocycles. The molecule has 0 aliphatic heterocycles. The molecule has 2 saturated carbocycles. The molecule has 0 aromatic rings. The van der Waals surface area contributed by atoms with Crippen molar-refractivity contribution in [2.45, 2.75) is 52.4 Å². The maximum atomic E-state index is 11.7. The summed E-state index contributed by atoms with van der Waals surface area (Å²) >= 11 is 0. The molecule has 2 aliphatic rings. The normalized spacial score (nSPS) is 20.6. The van der Waals surface area contributed by atoms with Crippen LogP contribution in [0, 0.1) is 17.3 Å². The van der Waals surface area contributed by atoms with Gasteiger partial charge in [-0.1, -0.05) is 20.3 Å². The van der Waals surface area contributed by atoms with Crippen LogP contribution in [0.5, 0.6) is 0 Å². The summed E-state index contributed by atoms with van der Waals surface area (Å²) in [6.07, 6.45) is 7.85. The summed E-state index contributed by atoms with van der Waals surface area (Å²) < 4.78 is 0. The highest BCUT2D eigenvalue weighted by Crippen LogP contribution is 2.45. The zero-order valence-electron chi connectivity index (χ0n) is 12.3. The van der Waals surface area contributed by atoms with Crippen LogP contribution in [0.1, 0.15) is 52.4 Å². The predicted molar refractivity (Wildman–Crippen MR) is 81.6 cm³/mol. The van der Waals surface area contributed by atoms with E-state index in [4.69, 9.17) is 0 Å². The van der Waals surface area contributed by atoms with Crippen LogP contribution in [0.2, 0.25) is 0 Å². The number of amides is 1. The van der Waals surface area contributed by atoms with Gasteiger partial charge in [0.15, 0.2) is 0 Å². The van der Waals surface area contributed by atoms with Gasteiger partial charge in [0.05, 0.1) is 6.54 Å². The van der Waals surface area contributed by atoms with E-state index >= 15 is 0 Å². The quantitative estimate of drug-likeness (QED) is 0.721. The molecule has 2 aliphatic carbocycles. The van der Waals surface area contributed by atoms with E-state index in [0.717, 1.165) is 24.9 Å². The SMILES string of the molecule is CC(C)CC1(CNC(=O)CNCC2CC2)CCC1.Cl. The average Bonchev–Trinajstić information content (AvgIpc) is 3.05. The van der Waals surface area contributed by atoms with Crippen LogP contribution in [-0.2, 0) is 4.79 Å². The summed E-state index contributed by atoms with van der Waals surface area (Å²) in [4.78, 5) is 11.7. The average molecular weight is 289 g/mol. The van der Waals surface area contributed by atoms with E-state index in [1.807, 2.05) is 0 Å². The van der Waals surface area contributed by atoms with Crippen LogP contribution in [0.3, 0.4) is 0 Å². The first-order valence-electron chi connectivity index (χ1n) is 7.57.